The zero-order chi connectivity index (χ0) is 14.5. The normalized spacial score (nSPS) is 11.9. The Morgan fingerprint density at radius 2 is 1.95 bits per heavy atom. The van der Waals surface area contributed by atoms with Gasteiger partial charge >= 0.3 is 6.18 Å². The molecule has 0 radical (unpaired) electrons. The molecule has 1 aromatic heterocycles. The van der Waals surface area contributed by atoms with Crippen LogP contribution in [-0.2, 0) is 6.18 Å². The van der Waals surface area contributed by atoms with Crippen molar-refractivity contribution in [2.24, 2.45) is 5.73 Å². The molecule has 0 saturated heterocycles. The molecule has 0 aliphatic heterocycles. The van der Waals surface area contributed by atoms with Crippen LogP contribution in [0.15, 0.2) is 18.3 Å². The molecule has 108 valence electrons. The van der Waals surface area contributed by atoms with E-state index in [9.17, 15) is 13.2 Å². The lowest BCUT2D eigenvalue weighted by atomic mass is 10.1. The minimum absolute atomic E-state index is 0.0135. The number of nitrogens with two attached hydrogens (primary N) is 1. The third-order valence-electron chi connectivity index (χ3n) is 3.12. The van der Waals surface area contributed by atoms with Gasteiger partial charge in [0.25, 0.3) is 0 Å². The molecule has 19 heavy (non-hydrogen) atoms. The SMILES string of the molecule is CCC(CC)N(CCN)c1ncccc1C(F)(F)F. The summed E-state index contributed by atoms with van der Waals surface area (Å²) in [6.07, 6.45) is -1.51. The molecule has 0 unspecified atom stereocenters. The summed E-state index contributed by atoms with van der Waals surface area (Å²) in [4.78, 5) is 5.60. The molecule has 1 rings (SSSR count). The van der Waals surface area contributed by atoms with Crippen molar-refractivity contribution in [3.63, 3.8) is 0 Å². The molecule has 1 heterocycles. The largest absolute Gasteiger partial charge is 0.419 e. The van der Waals surface area contributed by atoms with Crippen LogP contribution in [0.25, 0.3) is 0 Å². The summed E-state index contributed by atoms with van der Waals surface area (Å²) in [7, 11) is 0. The summed E-state index contributed by atoms with van der Waals surface area (Å²) >= 11 is 0. The van der Waals surface area contributed by atoms with Gasteiger partial charge in [-0.25, -0.2) is 4.98 Å². The Kier molecular flexibility index (Phi) is 5.60. The first-order valence-electron chi connectivity index (χ1n) is 6.44. The van der Waals surface area contributed by atoms with E-state index in [-0.39, 0.29) is 11.9 Å². The summed E-state index contributed by atoms with van der Waals surface area (Å²) in [5.74, 6) is -0.0193. The second kappa shape index (κ2) is 6.75. The van der Waals surface area contributed by atoms with Gasteiger partial charge in [-0.3, -0.25) is 0 Å². The Morgan fingerprint density at radius 1 is 1.32 bits per heavy atom. The third kappa shape index (κ3) is 3.83. The highest BCUT2D eigenvalue weighted by atomic mass is 19.4. The molecule has 1 aromatic rings. The maximum absolute atomic E-state index is 13.0. The molecule has 2 N–H and O–H groups in total. The molecule has 0 aliphatic rings. The molecule has 0 spiro atoms. The molecular weight excluding hydrogens is 255 g/mol. The zero-order valence-electron chi connectivity index (χ0n) is 11.2. The zero-order valence-corrected chi connectivity index (χ0v) is 11.2. The van der Waals surface area contributed by atoms with Crippen LogP contribution >= 0.6 is 0 Å². The van der Waals surface area contributed by atoms with E-state index in [1.807, 2.05) is 13.8 Å². The van der Waals surface area contributed by atoms with Crippen LogP contribution in [-0.4, -0.2) is 24.1 Å². The summed E-state index contributed by atoms with van der Waals surface area (Å²) in [5, 5.41) is 0. The van der Waals surface area contributed by atoms with Crippen molar-refractivity contribution in [3.05, 3.63) is 23.9 Å². The first-order chi connectivity index (χ1) is 8.95. The van der Waals surface area contributed by atoms with Crippen molar-refractivity contribution in [3.8, 4) is 0 Å². The number of alkyl halides is 3. The highest BCUT2D eigenvalue weighted by Gasteiger charge is 2.36. The van der Waals surface area contributed by atoms with Crippen LogP contribution in [0, 0.1) is 0 Å². The molecule has 0 atom stereocenters. The fourth-order valence-corrected chi connectivity index (χ4v) is 2.18. The first kappa shape index (κ1) is 15.8. The Balaban J connectivity index is 3.22. The molecule has 0 bridgehead atoms. The number of halogens is 3. The predicted molar refractivity (Wildman–Crippen MR) is 70.0 cm³/mol. The van der Waals surface area contributed by atoms with E-state index in [1.165, 1.54) is 12.3 Å². The van der Waals surface area contributed by atoms with Gasteiger partial charge in [-0.1, -0.05) is 13.8 Å². The number of nitrogens with zero attached hydrogens (tertiary/aromatic N) is 2. The van der Waals surface area contributed by atoms with E-state index in [0.29, 0.717) is 13.1 Å². The monoisotopic (exact) mass is 275 g/mol. The fraction of sp³-hybridized carbons (Fsp3) is 0.615. The van der Waals surface area contributed by atoms with Crippen molar-refractivity contribution >= 4 is 5.82 Å². The van der Waals surface area contributed by atoms with Gasteiger partial charge in [0.05, 0.1) is 5.56 Å². The van der Waals surface area contributed by atoms with Gasteiger partial charge in [0.15, 0.2) is 0 Å². The van der Waals surface area contributed by atoms with Crippen molar-refractivity contribution < 1.29 is 13.2 Å². The van der Waals surface area contributed by atoms with Crippen LogP contribution in [0.4, 0.5) is 19.0 Å². The summed E-state index contributed by atoms with van der Waals surface area (Å²) < 4.78 is 39.1. The van der Waals surface area contributed by atoms with Gasteiger partial charge < -0.3 is 10.6 Å². The van der Waals surface area contributed by atoms with E-state index in [2.05, 4.69) is 4.98 Å². The quantitative estimate of drug-likeness (QED) is 0.867. The average Bonchev–Trinajstić information content (AvgIpc) is 2.38. The molecule has 3 nitrogen and oxygen atoms in total. The van der Waals surface area contributed by atoms with E-state index in [0.717, 1.165) is 18.9 Å². The van der Waals surface area contributed by atoms with Gasteiger partial charge in [-0.2, -0.15) is 13.2 Å². The first-order valence-corrected chi connectivity index (χ1v) is 6.44. The lowest BCUT2D eigenvalue weighted by Crippen LogP contribution is -2.40. The van der Waals surface area contributed by atoms with E-state index in [4.69, 9.17) is 5.73 Å². The minimum atomic E-state index is -4.40. The highest BCUT2D eigenvalue weighted by Crippen LogP contribution is 2.36. The second-order valence-electron chi connectivity index (χ2n) is 4.32. The van der Waals surface area contributed by atoms with Crippen LogP contribution < -0.4 is 10.6 Å². The molecule has 0 aromatic carbocycles. The molecule has 0 aliphatic carbocycles. The van der Waals surface area contributed by atoms with Crippen LogP contribution in [0.2, 0.25) is 0 Å². The van der Waals surface area contributed by atoms with Gasteiger partial charge in [-0.15, -0.1) is 0 Å². The summed E-state index contributed by atoms with van der Waals surface area (Å²) in [6.45, 7) is 4.57. The van der Waals surface area contributed by atoms with Gasteiger partial charge in [0.2, 0.25) is 0 Å². The van der Waals surface area contributed by atoms with Crippen LogP contribution in [0.1, 0.15) is 32.3 Å². The molecule has 6 heteroatoms. The average molecular weight is 275 g/mol. The molecular formula is C13H20F3N3. The molecule has 0 saturated carbocycles. The van der Waals surface area contributed by atoms with Crippen molar-refractivity contribution in [1.29, 1.82) is 0 Å². The van der Waals surface area contributed by atoms with Gasteiger partial charge in [0, 0.05) is 25.3 Å². The summed E-state index contributed by atoms with van der Waals surface area (Å²) in [6, 6.07) is 2.38. The highest BCUT2D eigenvalue weighted by molar-refractivity contribution is 5.49. The Bertz CT molecular complexity index is 389. The lowest BCUT2D eigenvalue weighted by Gasteiger charge is -2.33. The van der Waals surface area contributed by atoms with Gasteiger partial charge in [0.1, 0.15) is 5.82 Å². The summed E-state index contributed by atoms with van der Waals surface area (Å²) in [5.41, 5.74) is 4.82. The maximum Gasteiger partial charge on any atom is 0.419 e. The third-order valence-corrected chi connectivity index (χ3v) is 3.12. The van der Waals surface area contributed by atoms with E-state index < -0.39 is 11.7 Å². The smallest absolute Gasteiger partial charge is 0.352 e. The lowest BCUT2D eigenvalue weighted by molar-refractivity contribution is -0.137. The van der Waals surface area contributed by atoms with E-state index in [1.54, 1.807) is 4.90 Å². The number of pyridine rings is 1. The number of anilines is 1. The Labute approximate surface area is 111 Å². The fourth-order valence-electron chi connectivity index (χ4n) is 2.18. The second-order valence-corrected chi connectivity index (χ2v) is 4.32. The number of aromatic nitrogens is 1. The maximum atomic E-state index is 13.0. The predicted octanol–water partition coefficient (Wildman–Crippen LogP) is 3.05. The van der Waals surface area contributed by atoms with E-state index >= 15 is 0 Å². The molecule has 0 amide bonds. The van der Waals surface area contributed by atoms with Crippen LogP contribution in [0.3, 0.4) is 0 Å². The number of rotatable bonds is 6. The number of hydrogen-bond donors (Lipinski definition) is 1. The minimum Gasteiger partial charge on any atom is -0.352 e. The topological polar surface area (TPSA) is 42.1 Å². The standard InChI is InChI=1S/C13H20F3N3/c1-3-10(4-2)19(9-7-17)12-11(13(14,15)16)6-5-8-18-12/h5-6,8,10H,3-4,7,9,17H2,1-2H3. The molecule has 0 fully saturated rings. The number of hydrogen-bond acceptors (Lipinski definition) is 3. The van der Waals surface area contributed by atoms with Crippen molar-refractivity contribution in [2.75, 3.05) is 18.0 Å². The van der Waals surface area contributed by atoms with Crippen LogP contribution in [0.5, 0.6) is 0 Å². The van der Waals surface area contributed by atoms with Gasteiger partial charge in [-0.05, 0) is 25.0 Å². The van der Waals surface area contributed by atoms with Crippen molar-refractivity contribution in [2.45, 2.75) is 38.9 Å². The van der Waals surface area contributed by atoms with Crippen molar-refractivity contribution in [1.82, 2.24) is 4.98 Å². The Morgan fingerprint density at radius 3 is 2.42 bits per heavy atom. The Hall–Kier alpha value is -1.30.